The third-order valence-corrected chi connectivity index (χ3v) is 8.28. The van der Waals surface area contributed by atoms with E-state index in [1.165, 1.54) is 55.9 Å². The smallest absolute Gasteiger partial charge is 0.0523 e. The maximum absolute atomic E-state index is 2.51. The van der Waals surface area contributed by atoms with E-state index in [1.807, 2.05) is 0 Å². The molecule has 0 saturated heterocycles. The van der Waals surface area contributed by atoms with Crippen molar-refractivity contribution >= 4 is 11.4 Å². The van der Waals surface area contributed by atoms with Crippen molar-refractivity contribution in [3.05, 3.63) is 107 Å². The van der Waals surface area contributed by atoms with Gasteiger partial charge in [-0.05, 0) is 50.8 Å². The first kappa shape index (κ1) is 20.3. The van der Waals surface area contributed by atoms with Crippen LogP contribution in [0.3, 0.4) is 0 Å². The molecule has 2 aliphatic rings. The molecular weight excluding hydrogens is 398 g/mol. The molecule has 0 bridgehead atoms. The van der Waals surface area contributed by atoms with Gasteiger partial charge in [0.25, 0.3) is 0 Å². The molecule has 0 spiro atoms. The molecule has 2 atom stereocenters. The Morgan fingerprint density at radius 3 is 2.00 bits per heavy atom. The molecule has 0 radical (unpaired) electrons. The van der Waals surface area contributed by atoms with Gasteiger partial charge in [-0.15, -0.1) is 0 Å². The Morgan fingerprint density at radius 2 is 1.24 bits per heavy atom. The quantitative estimate of drug-likeness (QED) is 0.293. The lowest BCUT2D eigenvalue weighted by molar-refractivity contribution is 0.625. The van der Waals surface area contributed by atoms with E-state index in [4.69, 9.17) is 0 Å². The number of benzene rings is 4. The Labute approximate surface area is 197 Å². The summed E-state index contributed by atoms with van der Waals surface area (Å²) >= 11 is 0. The lowest BCUT2D eigenvalue weighted by atomic mass is 9.78. The second-order valence-corrected chi connectivity index (χ2v) is 10.3. The fraction of sp³-hybridized carbons (Fsp3) is 0.250. The lowest BCUT2D eigenvalue weighted by Gasteiger charge is -2.32. The molecule has 164 valence electrons. The summed E-state index contributed by atoms with van der Waals surface area (Å²) in [7, 11) is 2.29. The second kappa shape index (κ2) is 7.09. The number of nitrogens with zero attached hydrogens (tertiary/aromatic N) is 1. The summed E-state index contributed by atoms with van der Waals surface area (Å²) in [5.41, 5.74) is 13.9. The van der Waals surface area contributed by atoms with Crippen LogP contribution in [0.2, 0.25) is 0 Å². The molecule has 2 unspecified atom stereocenters. The van der Waals surface area contributed by atoms with Gasteiger partial charge >= 0.3 is 0 Å². The first-order chi connectivity index (χ1) is 15.9. The Morgan fingerprint density at radius 1 is 0.606 bits per heavy atom. The van der Waals surface area contributed by atoms with Crippen molar-refractivity contribution in [1.29, 1.82) is 0 Å². The van der Waals surface area contributed by atoms with Crippen LogP contribution < -0.4 is 4.90 Å². The minimum absolute atomic E-state index is 0.0410. The Hall–Kier alpha value is -3.32. The first-order valence-electron chi connectivity index (χ1n) is 12.1. The molecule has 0 N–H and O–H groups in total. The lowest BCUT2D eigenvalue weighted by Crippen LogP contribution is -2.22. The second-order valence-electron chi connectivity index (χ2n) is 10.3. The van der Waals surface area contributed by atoms with E-state index in [0.717, 1.165) is 0 Å². The van der Waals surface area contributed by atoms with Gasteiger partial charge in [-0.2, -0.15) is 0 Å². The van der Waals surface area contributed by atoms with Crippen LogP contribution in [0.25, 0.3) is 22.3 Å². The van der Waals surface area contributed by atoms with Gasteiger partial charge in [0.1, 0.15) is 0 Å². The Kier molecular flexibility index (Phi) is 4.36. The highest BCUT2D eigenvalue weighted by atomic mass is 15.1. The molecule has 1 heteroatoms. The molecule has 0 saturated carbocycles. The molecule has 6 rings (SSSR count). The summed E-state index contributed by atoms with van der Waals surface area (Å²) in [6.07, 6.45) is 0. The molecule has 4 aromatic rings. The molecule has 1 aliphatic carbocycles. The van der Waals surface area contributed by atoms with Crippen LogP contribution in [-0.4, -0.2) is 7.05 Å². The van der Waals surface area contributed by atoms with Crippen LogP contribution in [0.1, 0.15) is 61.8 Å². The maximum Gasteiger partial charge on any atom is 0.0523 e. The van der Waals surface area contributed by atoms with E-state index in [2.05, 4.69) is 125 Å². The number of fused-ring (bicyclic) bond motifs is 6. The average Bonchev–Trinajstić information content (AvgIpc) is 3.05. The van der Waals surface area contributed by atoms with E-state index in [0.29, 0.717) is 11.8 Å². The Bertz CT molecular complexity index is 1380. The Balaban J connectivity index is 1.69. The molecule has 33 heavy (non-hydrogen) atoms. The number of hydrogen-bond donors (Lipinski definition) is 0. The van der Waals surface area contributed by atoms with Crippen LogP contribution in [0.5, 0.6) is 0 Å². The fourth-order valence-corrected chi connectivity index (χ4v) is 6.40. The molecule has 1 nitrogen and oxygen atoms in total. The van der Waals surface area contributed by atoms with Gasteiger partial charge in [-0.3, -0.25) is 0 Å². The number of para-hydroxylation sites is 1. The molecule has 1 heterocycles. The van der Waals surface area contributed by atoms with E-state index < -0.39 is 0 Å². The van der Waals surface area contributed by atoms with Crippen LogP contribution in [0.15, 0.2) is 84.9 Å². The van der Waals surface area contributed by atoms with Gasteiger partial charge in [0.05, 0.1) is 5.69 Å². The van der Waals surface area contributed by atoms with E-state index in [9.17, 15) is 0 Å². The highest BCUT2D eigenvalue weighted by Crippen LogP contribution is 2.58. The van der Waals surface area contributed by atoms with Crippen LogP contribution in [0, 0.1) is 0 Å². The molecule has 1 aliphatic heterocycles. The highest BCUT2D eigenvalue weighted by Gasteiger charge is 2.41. The summed E-state index contributed by atoms with van der Waals surface area (Å²) in [5.74, 6) is 0.858. The van der Waals surface area contributed by atoms with Crippen molar-refractivity contribution in [2.45, 2.75) is 44.9 Å². The van der Waals surface area contributed by atoms with Crippen LogP contribution in [-0.2, 0) is 5.41 Å². The summed E-state index contributed by atoms with van der Waals surface area (Å²) in [5, 5.41) is 0. The van der Waals surface area contributed by atoms with E-state index in [-0.39, 0.29) is 5.41 Å². The third kappa shape index (κ3) is 2.72. The zero-order chi connectivity index (χ0) is 22.9. The van der Waals surface area contributed by atoms with Gasteiger partial charge in [0.2, 0.25) is 0 Å². The molecule has 0 fully saturated rings. The van der Waals surface area contributed by atoms with E-state index >= 15 is 0 Å². The normalized spacial score (nSPS) is 19.8. The van der Waals surface area contributed by atoms with Gasteiger partial charge in [0, 0.05) is 23.7 Å². The number of anilines is 2. The SMILES string of the molecule is CC1c2cccc(-c3ccccc3)c2N(C)c2c(ccc3c2C(C)(C)c2ccccc2-3)C1C. The van der Waals surface area contributed by atoms with Crippen LogP contribution >= 0.6 is 0 Å². The van der Waals surface area contributed by atoms with Crippen molar-refractivity contribution in [3.63, 3.8) is 0 Å². The van der Waals surface area contributed by atoms with E-state index in [1.54, 1.807) is 0 Å². The molecular formula is C32H31N. The van der Waals surface area contributed by atoms with Gasteiger partial charge < -0.3 is 4.90 Å². The van der Waals surface area contributed by atoms with Gasteiger partial charge in [-0.25, -0.2) is 0 Å². The summed E-state index contributed by atoms with van der Waals surface area (Å²) in [6.45, 7) is 9.60. The fourth-order valence-electron chi connectivity index (χ4n) is 6.40. The van der Waals surface area contributed by atoms with Gasteiger partial charge in [-0.1, -0.05) is 113 Å². The zero-order valence-electron chi connectivity index (χ0n) is 20.2. The number of hydrogen-bond acceptors (Lipinski definition) is 1. The summed E-state index contributed by atoms with van der Waals surface area (Å²) in [4.78, 5) is 2.51. The third-order valence-electron chi connectivity index (χ3n) is 8.28. The van der Waals surface area contributed by atoms with Crippen molar-refractivity contribution < 1.29 is 0 Å². The maximum atomic E-state index is 2.51. The predicted octanol–water partition coefficient (Wildman–Crippen LogP) is 8.65. The highest BCUT2D eigenvalue weighted by molar-refractivity contribution is 5.93. The minimum Gasteiger partial charge on any atom is -0.343 e. The average molecular weight is 430 g/mol. The van der Waals surface area contributed by atoms with Crippen molar-refractivity contribution in [1.82, 2.24) is 0 Å². The monoisotopic (exact) mass is 429 g/mol. The van der Waals surface area contributed by atoms with Gasteiger partial charge in [0.15, 0.2) is 0 Å². The molecule has 0 aromatic heterocycles. The summed E-state index contributed by atoms with van der Waals surface area (Å²) < 4.78 is 0. The van der Waals surface area contributed by atoms with Crippen molar-refractivity contribution in [2.75, 3.05) is 11.9 Å². The minimum atomic E-state index is -0.0410. The van der Waals surface area contributed by atoms with Crippen LogP contribution in [0.4, 0.5) is 11.4 Å². The molecule has 4 aromatic carbocycles. The van der Waals surface area contributed by atoms with Crippen molar-refractivity contribution in [3.8, 4) is 22.3 Å². The first-order valence-corrected chi connectivity index (χ1v) is 12.1. The topological polar surface area (TPSA) is 3.24 Å². The zero-order valence-corrected chi connectivity index (χ0v) is 20.2. The summed E-state index contributed by atoms with van der Waals surface area (Å²) in [6, 6.07) is 31.5. The largest absolute Gasteiger partial charge is 0.343 e. The predicted molar refractivity (Wildman–Crippen MR) is 141 cm³/mol. The van der Waals surface area contributed by atoms with Crippen molar-refractivity contribution in [2.24, 2.45) is 0 Å². The molecule has 0 amide bonds. The standard InChI is InChI=1S/C32H31N/c1-20-21(2)24-18-19-27-26-14-9-10-17-28(26)32(3,4)29(27)31(24)33(5)30-23(20)15-11-16-25(30)22-12-7-6-8-13-22/h6-21H,1-5H3. The number of rotatable bonds is 1.